The van der Waals surface area contributed by atoms with Crippen molar-refractivity contribution in [2.45, 2.75) is 26.2 Å². The van der Waals surface area contributed by atoms with E-state index < -0.39 is 5.91 Å². The Morgan fingerprint density at radius 3 is 2.42 bits per heavy atom. The van der Waals surface area contributed by atoms with Gasteiger partial charge >= 0.3 is 0 Å². The van der Waals surface area contributed by atoms with E-state index in [1.807, 2.05) is 36.4 Å². The van der Waals surface area contributed by atoms with Crippen molar-refractivity contribution in [3.8, 4) is 5.75 Å². The average Bonchev–Trinajstić information content (AvgIpc) is 2.76. The summed E-state index contributed by atoms with van der Waals surface area (Å²) in [5.74, 6) is -0.299. The van der Waals surface area contributed by atoms with Crippen LogP contribution >= 0.6 is 44.1 Å². The molecule has 3 rings (SSSR count). The number of nitrogens with one attached hydrogen (secondary N) is 3. The fourth-order valence-electron chi connectivity index (χ4n) is 3.10. The van der Waals surface area contributed by atoms with E-state index >= 15 is 0 Å². The molecule has 0 aliphatic carbocycles. The molecule has 0 radical (unpaired) electrons. The van der Waals surface area contributed by atoms with Gasteiger partial charge in [-0.05, 0) is 68.1 Å². The zero-order valence-electron chi connectivity index (χ0n) is 18.3. The number of carbonyl (C=O) groups excluding carboxylic acids is 2. The summed E-state index contributed by atoms with van der Waals surface area (Å²) in [6.45, 7) is 6.05. The molecule has 0 bridgehead atoms. The molecular weight excluding hydrogens is 570 g/mol. The summed E-state index contributed by atoms with van der Waals surface area (Å²) in [5, 5.41) is 4.55. The van der Waals surface area contributed by atoms with Gasteiger partial charge in [0.1, 0.15) is 5.75 Å². The van der Waals surface area contributed by atoms with Gasteiger partial charge in [0, 0.05) is 10.0 Å². The van der Waals surface area contributed by atoms with Crippen LogP contribution in [-0.2, 0) is 10.2 Å². The number of ether oxygens (including phenoxy) is 1. The number of rotatable bonds is 4. The normalized spacial score (nSPS) is 11.1. The van der Waals surface area contributed by atoms with Gasteiger partial charge < -0.3 is 4.74 Å². The number of fused-ring (bicyclic) bond motifs is 1. The summed E-state index contributed by atoms with van der Waals surface area (Å²) in [4.78, 5) is 24.6. The van der Waals surface area contributed by atoms with E-state index in [4.69, 9.17) is 17.0 Å². The van der Waals surface area contributed by atoms with Gasteiger partial charge in [-0.3, -0.25) is 25.8 Å². The van der Waals surface area contributed by atoms with Crippen LogP contribution < -0.4 is 20.9 Å². The van der Waals surface area contributed by atoms with Crippen molar-refractivity contribution in [1.82, 2.24) is 16.2 Å². The van der Waals surface area contributed by atoms with Crippen LogP contribution in [0.5, 0.6) is 5.75 Å². The van der Waals surface area contributed by atoms with E-state index in [9.17, 15) is 9.59 Å². The Bertz CT molecular complexity index is 1230. The number of hydrogen-bond acceptors (Lipinski definition) is 4. The predicted octanol–water partition coefficient (Wildman–Crippen LogP) is 5.38. The van der Waals surface area contributed by atoms with Crippen molar-refractivity contribution in [3.63, 3.8) is 0 Å². The molecule has 2 amide bonds. The Morgan fingerprint density at radius 1 is 1.00 bits per heavy atom. The topological polar surface area (TPSA) is 79.5 Å². The molecule has 0 fully saturated rings. The largest absolute Gasteiger partial charge is 0.483 e. The molecule has 6 nitrogen and oxygen atoms in total. The molecule has 0 atom stereocenters. The number of halogens is 2. The molecule has 0 saturated carbocycles. The van der Waals surface area contributed by atoms with Gasteiger partial charge in [0.15, 0.2) is 11.7 Å². The van der Waals surface area contributed by atoms with Crippen LogP contribution in [0, 0.1) is 0 Å². The number of hydrazine groups is 1. The molecule has 0 heterocycles. The van der Waals surface area contributed by atoms with Crippen molar-refractivity contribution >= 4 is 71.8 Å². The summed E-state index contributed by atoms with van der Waals surface area (Å²) < 4.78 is 7.22. The first kappa shape index (κ1) is 25.1. The highest BCUT2D eigenvalue weighted by atomic mass is 79.9. The molecule has 9 heteroatoms. The van der Waals surface area contributed by atoms with E-state index in [1.165, 1.54) is 0 Å². The third kappa shape index (κ3) is 6.52. The third-order valence-corrected chi connectivity index (χ3v) is 6.45. The molecule has 0 aliphatic rings. The highest BCUT2D eigenvalue weighted by molar-refractivity contribution is 9.11. The van der Waals surface area contributed by atoms with Crippen LogP contribution in [0.3, 0.4) is 0 Å². The standard InChI is InChI=1S/C24H23Br2N3O3S/c1-24(2,3)17-10-8-15(12-18(17)25)22(31)27-23(33)29-28-20(30)13-32-19-11-9-14-6-4-5-7-16(14)21(19)26/h4-12H,13H2,1-3H3,(H,28,30)(H2,27,29,31,33). The monoisotopic (exact) mass is 591 g/mol. The minimum absolute atomic E-state index is 0.0312. The molecule has 0 aliphatic heterocycles. The van der Waals surface area contributed by atoms with E-state index in [0.717, 1.165) is 25.3 Å². The number of hydrogen-bond donors (Lipinski definition) is 3. The molecule has 3 aromatic carbocycles. The van der Waals surface area contributed by atoms with Crippen molar-refractivity contribution in [1.29, 1.82) is 0 Å². The number of thiocarbonyl (C=S) groups is 1. The van der Waals surface area contributed by atoms with Gasteiger partial charge in [-0.25, -0.2) is 0 Å². The van der Waals surface area contributed by atoms with Gasteiger partial charge in [-0.15, -0.1) is 0 Å². The van der Waals surface area contributed by atoms with Crippen LogP contribution in [0.25, 0.3) is 10.8 Å². The minimum Gasteiger partial charge on any atom is -0.483 e. The molecular formula is C24H23Br2N3O3S. The Hall–Kier alpha value is -2.49. The van der Waals surface area contributed by atoms with Gasteiger partial charge in [0.25, 0.3) is 11.8 Å². The highest BCUT2D eigenvalue weighted by Crippen LogP contribution is 2.33. The first-order valence-corrected chi connectivity index (χ1v) is 12.1. The summed E-state index contributed by atoms with van der Waals surface area (Å²) in [5.41, 5.74) is 6.39. The fraction of sp³-hybridized carbons (Fsp3) is 0.208. The van der Waals surface area contributed by atoms with Crippen LogP contribution in [0.15, 0.2) is 63.5 Å². The number of amides is 2. The molecule has 0 aromatic heterocycles. The third-order valence-electron chi connectivity index (χ3n) is 4.77. The van der Waals surface area contributed by atoms with Crippen molar-refractivity contribution in [2.75, 3.05) is 6.61 Å². The van der Waals surface area contributed by atoms with Crippen LogP contribution in [0.1, 0.15) is 36.7 Å². The highest BCUT2D eigenvalue weighted by Gasteiger charge is 2.19. The molecule has 3 N–H and O–H groups in total. The number of benzene rings is 3. The Morgan fingerprint density at radius 2 is 1.73 bits per heavy atom. The maximum atomic E-state index is 12.5. The maximum absolute atomic E-state index is 12.5. The van der Waals surface area contributed by atoms with Crippen LogP contribution in [0.2, 0.25) is 0 Å². The molecule has 0 unspecified atom stereocenters. The fourth-order valence-corrected chi connectivity index (χ4v) is 4.83. The molecule has 33 heavy (non-hydrogen) atoms. The van der Waals surface area contributed by atoms with Crippen molar-refractivity contribution < 1.29 is 14.3 Å². The van der Waals surface area contributed by atoms with Gasteiger partial charge in [-0.2, -0.15) is 0 Å². The van der Waals surface area contributed by atoms with Gasteiger partial charge in [0.2, 0.25) is 0 Å². The summed E-state index contributed by atoms with van der Waals surface area (Å²) >= 11 is 12.1. The van der Waals surface area contributed by atoms with Crippen LogP contribution in [0.4, 0.5) is 0 Å². The Kier molecular flexibility index (Phi) is 8.10. The lowest BCUT2D eigenvalue weighted by molar-refractivity contribution is -0.123. The maximum Gasteiger partial charge on any atom is 0.276 e. The lowest BCUT2D eigenvalue weighted by Gasteiger charge is -2.21. The minimum atomic E-state index is -0.455. The lowest BCUT2D eigenvalue weighted by atomic mass is 9.86. The summed E-state index contributed by atoms with van der Waals surface area (Å²) in [6.07, 6.45) is 0. The Balaban J connectivity index is 1.50. The van der Waals surface area contributed by atoms with E-state index in [1.54, 1.807) is 18.2 Å². The second-order valence-corrected chi connectivity index (χ2v) is 10.3. The zero-order valence-corrected chi connectivity index (χ0v) is 22.3. The quantitative estimate of drug-likeness (QED) is 0.280. The van der Waals surface area contributed by atoms with Gasteiger partial charge in [-0.1, -0.05) is 73.1 Å². The smallest absolute Gasteiger partial charge is 0.276 e. The predicted molar refractivity (Wildman–Crippen MR) is 141 cm³/mol. The molecule has 0 saturated heterocycles. The zero-order chi connectivity index (χ0) is 24.2. The summed E-state index contributed by atoms with van der Waals surface area (Å²) in [6, 6.07) is 16.9. The SMILES string of the molecule is CC(C)(C)c1ccc(C(=O)NC(=S)NNC(=O)COc2ccc3ccccc3c2Br)cc1Br. The number of carbonyl (C=O) groups is 2. The van der Waals surface area contributed by atoms with Crippen molar-refractivity contribution in [3.05, 3.63) is 74.7 Å². The van der Waals surface area contributed by atoms with Crippen molar-refractivity contribution in [2.24, 2.45) is 0 Å². The molecule has 172 valence electrons. The van der Waals surface area contributed by atoms with E-state index in [2.05, 4.69) is 68.8 Å². The first-order chi connectivity index (χ1) is 15.6. The van der Waals surface area contributed by atoms with Crippen LogP contribution in [-0.4, -0.2) is 23.5 Å². The molecule has 0 spiro atoms. The Labute approximate surface area is 214 Å². The summed E-state index contributed by atoms with van der Waals surface area (Å²) in [7, 11) is 0. The first-order valence-electron chi connectivity index (χ1n) is 10.1. The van der Waals surface area contributed by atoms with E-state index in [-0.39, 0.29) is 23.0 Å². The average molecular weight is 593 g/mol. The second-order valence-electron chi connectivity index (χ2n) is 8.29. The lowest BCUT2D eigenvalue weighted by Crippen LogP contribution is -2.49. The second kappa shape index (κ2) is 10.6. The molecule has 3 aromatic rings. The van der Waals surface area contributed by atoms with Gasteiger partial charge in [0.05, 0.1) is 4.47 Å². The van der Waals surface area contributed by atoms with E-state index in [0.29, 0.717) is 11.3 Å².